The van der Waals surface area contributed by atoms with Crippen LogP contribution in [0.15, 0.2) is 67.0 Å². The number of rotatable bonds is 7. The maximum atomic E-state index is 12.8. The Morgan fingerprint density at radius 2 is 1.83 bits per heavy atom. The molecule has 2 heterocycles. The maximum Gasteiger partial charge on any atom is 0.324 e. The molecule has 10 heteroatoms. The van der Waals surface area contributed by atoms with Crippen molar-refractivity contribution in [2.45, 2.75) is 26.7 Å². The molecule has 0 saturated heterocycles. The highest BCUT2D eigenvalue weighted by Crippen LogP contribution is 2.30. The van der Waals surface area contributed by atoms with Crippen LogP contribution in [0, 0.1) is 6.92 Å². The third-order valence-electron chi connectivity index (χ3n) is 5.23. The molecule has 0 aliphatic rings. The number of aryl methyl sites for hydroxylation is 1. The summed E-state index contributed by atoms with van der Waals surface area (Å²) in [6, 6.07) is 15.5. The number of aromatic nitrogens is 3. The van der Waals surface area contributed by atoms with Crippen molar-refractivity contribution in [3.05, 3.63) is 88.8 Å². The number of benzene rings is 2. The molecule has 0 aliphatic carbocycles. The van der Waals surface area contributed by atoms with Gasteiger partial charge in [-0.15, -0.1) is 0 Å². The molecular formula is C26H25ClN6O3. The summed E-state index contributed by atoms with van der Waals surface area (Å²) in [5.74, 6) is 0.820. The van der Waals surface area contributed by atoms with Gasteiger partial charge in [0.25, 0.3) is 0 Å². The van der Waals surface area contributed by atoms with E-state index in [-0.39, 0.29) is 16.5 Å². The molecule has 2 aromatic carbocycles. The minimum Gasteiger partial charge on any atom is -0.456 e. The summed E-state index contributed by atoms with van der Waals surface area (Å²) in [5, 5.41) is 10.5. The highest BCUT2D eigenvalue weighted by atomic mass is 35.5. The van der Waals surface area contributed by atoms with Crippen molar-refractivity contribution in [1.29, 1.82) is 0 Å². The van der Waals surface area contributed by atoms with Crippen LogP contribution in [-0.2, 0) is 0 Å². The molecule has 4 aromatic rings. The molecule has 0 unspecified atom stereocenters. The van der Waals surface area contributed by atoms with E-state index in [9.17, 15) is 9.59 Å². The first-order valence-corrected chi connectivity index (χ1v) is 11.5. The molecule has 0 spiro atoms. The van der Waals surface area contributed by atoms with Crippen LogP contribution in [-0.4, -0.2) is 26.7 Å². The Balaban J connectivity index is 1.49. The van der Waals surface area contributed by atoms with Crippen molar-refractivity contribution in [3.8, 4) is 17.2 Å². The molecule has 36 heavy (non-hydrogen) atoms. The van der Waals surface area contributed by atoms with E-state index in [1.807, 2.05) is 51.1 Å². The predicted octanol–water partition coefficient (Wildman–Crippen LogP) is 5.89. The fourth-order valence-electron chi connectivity index (χ4n) is 3.40. The molecule has 0 fully saturated rings. The van der Waals surface area contributed by atoms with Gasteiger partial charge in [0.2, 0.25) is 5.91 Å². The van der Waals surface area contributed by atoms with Crippen LogP contribution in [0.1, 0.15) is 41.4 Å². The summed E-state index contributed by atoms with van der Waals surface area (Å²) < 4.78 is 7.41. The number of ether oxygens (including phenoxy) is 1. The second-order valence-corrected chi connectivity index (χ2v) is 8.86. The first-order chi connectivity index (χ1) is 17.2. The van der Waals surface area contributed by atoms with Gasteiger partial charge in [0.15, 0.2) is 0 Å². The number of pyridine rings is 1. The van der Waals surface area contributed by atoms with Gasteiger partial charge in [-0.2, -0.15) is 5.10 Å². The van der Waals surface area contributed by atoms with Crippen LogP contribution in [0.25, 0.3) is 5.69 Å². The fraction of sp³-hybridized carbons (Fsp3) is 0.154. The van der Waals surface area contributed by atoms with E-state index in [4.69, 9.17) is 22.1 Å². The molecule has 0 radical (unpaired) electrons. The zero-order chi connectivity index (χ0) is 25.8. The van der Waals surface area contributed by atoms with Crippen LogP contribution in [0.3, 0.4) is 0 Å². The molecule has 0 saturated carbocycles. The number of urea groups is 1. The number of nitrogens with two attached hydrogens (primary N) is 1. The summed E-state index contributed by atoms with van der Waals surface area (Å²) in [7, 11) is 0. The van der Waals surface area contributed by atoms with Gasteiger partial charge >= 0.3 is 6.03 Å². The van der Waals surface area contributed by atoms with Crippen molar-refractivity contribution in [2.75, 3.05) is 10.6 Å². The summed E-state index contributed by atoms with van der Waals surface area (Å²) >= 11 is 6.38. The number of carbonyl (C=O) groups is 2. The molecule has 184 valence electrons. The number of hydrogen-bond acceptors (Lipinski definition) is 5. The van der Waals surface area contributed by atoms with Crippen molar-refractivity contribution in [3.63, 3.8) is 0 Å². The van der Waals surface area contributed by atoms with Crippen molar-refractivity contribution in [1.82, 2.24) is 14.8 Å². The number of amides is 3. The number of primary amides is 1. The average Bonchev–Trinajstić information content (AvgIpc) is 3.25. The lowest BCUT2D eigenvalue weighted by molar-refractivity contribution is 0.0999. The smallest absolute Gasteiger partial charge is 0.324 e. The molecule has 0 atom stereocenters. The van der Waals surface area contributed by atoms with E-state index in [1.54, 1.807) is 22.9 Å². The Kier molecular flexibility index (Phi) is 7.21. The minimum absolute atomic E-state index is 0.181. The minimum atomic E-state index is -0.610. The monoisotopic (exact) mass is 504 g/mol. The van der Waals surface area contributed by atoms with Gasteiger partial charge in [0.1, 0.15) is 17.3 Å². The van der Waals surface area contributed by atoms with Gasteiger partial charge in [0.05, 0.1) is 33.9 Å². The SMILES string of the molecule is Cc1cccc(-n2nc(C(C)C)cc2NC(=O)Nc2ccc(Oc3cncc(C(N)=O)c3)cc2Cl)c1. The Bertz CT molecular complexity index is 1430. The third kappa shape index (κ3) is 5.81. The molecule has 3 amide bonds. The van der Waals surface area contributed by atoms with Crippen molar-refractivity contribution >= 4 is 35.0 Å². The van der Waals surface area contributed by atoms with Crippen LogP contribution >= 0.6 is 11.6 Å². The molecule has 4 N–H and O–H groups in total. The summed E-state index contributed by atoms with van der Waals surface area (Å²) in [6.45, 7) is 6.07. The van der Waals surface area contributed by atoms with Gasteiger partial charge in [0, 0.05) is 18.3 Å². The standard InChI is InChI=1S/C26H25ClN6O3/c1-15(2)23-12-24(33(32-23)18-6-4-5-16(3)9-18)31-26(35)30-22-8-7-19(11-21(22)27)36-20-10-17(25(28)34)13-29-14-20/h4-15H,1-3H3,(H2,28,34)(H2,30,31,35). The second-order valence-electron chi connectivity index (χ2n) is 8.46. The first kappa shape index (κ1) is 24.7. The Hall–Kier alpha value is -4.37. The lowest BCUT2D eigenvalue weighted by Crippen LogP contribution is -2.21. The van der Waals surface area contributed by atoms with Gasteiger partial charge in [-0.25, -0.2) is 9.48 Å². The number of nitrogens with one attached hydrogen (secondary N) is 2. The highest BCUT2D eigenvalue weighted by Gasteiger charge is 2.16. The van der Waals surface area contributed by atoms with Crippen molar-refractivity contribution in [2.24, 2.45) is 5.73 Å². The molecular weight excluding hydrogens is 480 g/mol. The fourth-order valence-corrected chi connectivity index (χ4v) is 3.62. The van der Waals surface area contributed by atoms with Gasteiger partial charge in [-0.3, -0.25) is 15.1 Å². The van der Waals surface area contributed by atoms with E-state index in [1.165, 1.54) is 18.5 Å². The quantitative estimate of drug-likeness (QED) is 0.289. The average molecular weight is 505 g/mol. The molecule has 2 aromatic heterocycles. The number of nitrogens with zero attached hydrogens (tertiary/aromatic N) is 3. The number of hydrogen-bond donors (Lipinski definition) is 3. The Morgan fingerprint density at radius 1 is 1.03 bits per heavy atom. The Morgan fingerprint density at radius 3 is 2.53 bits per heavy atom. The third-order valence-corrected chi connectivity index (χ3v) is 5.54. The summed E-state index contributed by atoms with van der Waals surface area (Å²) in [4.78, 5) is 28.1. The number of halogens is 1. The number of carbonyl (C=O) groups excluding carboxylic acids is 2. The number of anilines is 2. The predicted molar refractivity (Wildman–Crippen MR) is 139 cm³/mol. The zero-order valence-electron chi connectivity index (χ0n) is 19.9. The largest absolute Gasteiger partial charge is 0.456 e. The van der Waals surface area contributed by atoms with E-state index in [0.717, 1.165) is 16.9 Å². The van der Waals surface area contributed by atoms with E-state index in [2.05, 4.69) is 20.7 Å². The summed E-state index contributed by atoms with van der Waals surface area (Å²) in [6.07, 6.45) is 2.80. The van der Waals surface area contributed by atoms with E-state index >= 15 is 0 Å². The lowest BCUT2D eigenvalue weighted by Gasteiger charge is -2.12. The molecule has 0 aliphatic heterocycles. The second kappa shape index (κ2) is 10.5. The first-order valence-electron chi connectivity index (χ1n) is 11.2. The van der Waals surface area contributed by atoms with Crippen LogP contribution in [0.5, 0.6) is 11.5 Å². The lowest BCUT2D eigenvalue weighted by atomic mass is 10.1. The normalized spacial score (nSPS) is 10.8. The molecule has 4 rings (SSSR count). The van der Waals surface area contributed by atoms with Crippen molar-refractivity contribution < 1.29 is 14.3 Å². The van der Waals surface area contributed by atoms with Gasteiger partial charge in [-0.1, -0.05) is 37.6 Å². The van der Waals surface area contributed by atoms with E-state index in [0.29, 0.717) is 23.0 Å². The van der Waals surface area contributed by atoms with E-state index < -0.39 is 11.9 Å². The van der Waals surface area contributed by atoms with Crippen LogP contribution in [0.2, 0.25) is 5.02 Å². The highest BCUT2D eigenvalue weighted by molar-refractivity contribution is 6.34. The molecule has 0 bridgehead atoms. The Labute approximate surface area is 213 Å². The van der Waals surface area contributed by atoms with Gasteiger partial charge in [-0.05, 0) is 48.7 Å². The molecule has 9 nitrogen and oxygen atoms in total. The van der Waals surface area contributed by atoms with Crippen LogP contribution < -0.4 is 21.1 Å². The zero-order valence-corrected chi connectivity index (χ0v) is 20.7. The van der Waals surface area contributed by atoms with Gasteiger partial charge < -0.3 is 15.8 Å². The van der Waals surface area contributed by atoms with Crippen LogP contribution in [0.4, 0.5) is 16.3 Å². The topological polar surface area (TPSA) is 124 Å². The summed E-state index contributed by atoms with van der Waals surface area (Å²) in [5.41, 5.74) is 8.65. The maximum absolute atomic E-state index is 12.8.